The van der Waals surface area contributed by atoms with E-state index in [2.05, 4.69) is 12.1 Å². The number of rotatable bonds is 4. The van der Waals surface area contributed by atoms with Crippen molar-refractivity contribution in [1.29, 1.82) is 0 Å². The smallest absolute Gasteiger partial charge is 0.231 e. The second kappa shape index (κ2) is 6.81. The predicted octanol–water partition coefficient (Wildman–Crippen LogP) is 4.49. The largest absolute Gasteiger partial charge is 0.497 e. The van der Waals surface area contributed by atoms with Crippen molar-refractivity contribution in [2.24, 2.45) is 0 Å². The Balaban J connectivity index is 1.61. The quantitative estimate of drug-likeness (QED) is 0.656. The van der Waals surface area contributed by atoms with Gasteiger partial charge in [-0.05, 0) is 36.1 Å². The lowest BCUT2D eigenvalue weighted by Crippen LogP contribution is -2.48. The molecule has 1 saturated carbocycles. The third kappa shape index (κ3) is 2.33. The van der Waals surface area contributed by atoms with Gasteiger partial charge in [-0.2, -0.15) is 0 Å². The van der Waals surface area contributed by atoms with Gasteiger partial charge < -0.3 is 28.8 Å². The van der Waals surface area contributed by atoms with E-state index in [9.17, 15) is 5.11 Å². The zero-order valence-corrected chi connectivity index (χ0v) is 18.0. The lowest BCUT2D eigenvalue weighted by molar-refractivity contribution is -0.106. The van der Waals surface area contributed by atoms with Crippen LogP contribution in [0.25, 0.3) is 0 Å². The highest BCUT2D eigenvalue weighted by Gasteiger charge is 2.69. The summed E-state index contributed by atoms with van der Waals surface area (Å²) in [6, 6.07) is 19.8. The van der Waals surface area contributed by atoms with E-state index in [4.69, 9.17) is 23.7 Å². The molecule has 3 aliphatic rings. The van der Waals surface area contributed by atoms with E-state index < -0.39 is 11.2 Å². The minimum atomic E-state index is -1.32. The maximum atomic E-state index is 12.5. The van der Waals surface area contributed by atoms with Crippen molar-refractivity contribution >= 4 is 0 Å². The van der Waals surface area contributed by atoms with Gasteiger partial charge in [0.25, 0.3) is 0 Å². The van der Waals surface area contributed by atoms with Gasteiger partial charge in [0.05, 0.1) is 19.8 Å². The number of methoxy groups -OCH3 is 2. The van der Waals surface area contributed by atoms with Crippen molar-refractivity contribution < 1.29 is 28.8 Å². The molecule has 0 saturated heterocycles. The molecule has 3 atom stereocenters. The number of fused-ring (bicyclic) bond motifs is 4. The first-order chi connectivity index (χ1) is 15.6. The summed E-state index contributed by atoms with van der Waals surface area (Å²) < 4.78 is 29.3. The number of aliphatic hydroxyl groups is 1. The first-order valence-electron chi connectivity index (χ1n) is 10.7. The van der Waals surface area contributed by atoms with Crippen molar-refractivity contribution in [2.75, 3.05) is 21.0 Å². The fourth-order valence-electron chi connectivity index (χ4n) is 5.75. The molecule has 0 bridgehead atoms. The molecule has 6 rings (SSSR count). The molecule has 1 aliphatic carbocycles. The third-order valence-electron chi connectivity index (χ3n) is 7.09. The molecule has 0 aromatic heterocycles. The topological polar surface area (TPSA) is 66.4 Å². The predicted molar refractivity (Wildman–Crippen MR) is 117 cm³/mol. The van der Waals surface area contributed by atoms with E-state index in [0.29, 0.717) is 35.0 Å². The minimum absolute atomic E-state index is 0.0733. The molecular weight excluding hydrogens is 408 g/mol. The maximum Gasteiger partial charge on any atom is 0.231 e. The van der Waals surface area contributed by atoms with E-state index in [0.717, 1.165) is 23.3 Å². The van der Waals surface area contributed by atoms with Gasteiger partial charge in [0.15, 0.2) is 17.1 Å². The number of hydrogen-bond acceptors (Lipinski definition) is 6. The summed E-state index contributed by atoms with van der Waals surface area (Å²) in [6.07, 6.45) is 1.27. The Hall–Kier alpha value is -3.38. The molecule has 2 heterocycles. The molecule has 1 fully saturated rings. The van der Waals surface area contributed by atoms with Crippen LogP contribution in [-0.4, -0.2) is 26.1 Å². The molecule has 0 spiro atoms. The number of hydrogen-bond donors (Lipinski definition) is 1. The average Bonchev–Trinajstić information content (AvgIpc) is 3.48. The molecule has 164 valence electrons. The summed E-state index contributed by atoms with van der Waals surface area (Å²) in [4.78, 5) is 0. The van der Waals surface area contributed by atoms with Crippen LogP contribution in [0.2, 0.25) is 0 Å². The summed E-state index contributed by atoms with van der Waals surface area (Å²) >= 11 is 0. The lowest BCUT2D eigenvalue weighted by atomic mass is 9.71. The first-order valence-corrected chi connectivity index (χ1v) is 10.7. The van der Waals surface area contributed by atoms with Gasteiger partial charge in [-0.1, -0.05) is 42.5 Å². The number of benzene rings is 3. The lowest BCUT2D eigenvalue weighted by Gasteiger charge is -2.40. The summed E-state index contributed by atoms with van der Waals surface area (Å²) in [5.41, 5.74) is 0.270. The SMILES string of the molecule is COc1ccc(C23Oc4cc5c(c(OC)c4C2(O)CCC3c2ccccc2)OCO5)cc1. The molecule has 3 aromatic carbocycles. The normalized spacial score (nSPS) is 26.9. The van der Waals surface area contributed by atoms with E-state index >= 15 is 0 Å². The molecule has 3 unspecified atom stereocenters. The fraction of sp³-hybridized carbons (Fsp3) is 0.308. The van der Waals surface area contributed by atoms with Crippen molar-refractivity contribution in [1.82, 2.24) is 0 Å². The van der Waals surface area contributed by atoms with Crippen LogP contribution < -0.4 is 23.7 Å². The van der Waals surface area contributed by atoms with Crippen LogP contribution in [-0.2, 0) is 11.2 Å². The molecule has 0 radical (unpaired) electrons. The zero-order chi connectivity index (χ0) is 21.9. The Bertz CT molecular complexity index is 1180. The summed E-state index contributed by atoms with van der Waals surface area (Å²) in [5.74, 6) is 2.78. The summed E-state index contributed by atoms with van der Waals surface area (Å²) in [6.45, 7) is 0.114. The second-order valence-electron chi connectivity index (χ2n) is 8.45. The Labute approximate surface area is 186 Å². The first kappa shape index (κ1) is 19.3. The summed E-state index contributed by atoms with van der Waals surface area (Å²) in [5, 5.41) is 12.5. The van der Waals surface area contributed by atoms with Crippen molar-refractivity contribution in [3.8, 4) is 28.7 Å². The van der Waals surface area contributed by atoms with Gasteiger partial charge in [-0.25, -0.2) is 0 Å². The van der Waals surface area contributed by atoms with Crippen LogP contribution in [0, 0.1) is 0 Å². The summed E-state index contributed by atoms with van der Waals surface area (Å²) in [7, 11) is 3.22. The highest BCUT2D eigenvalue weighted by atomic mass is 16.7. The van der Waals surface area contributed by atoms with Crippen LogP contribution >= 0.6 is 0 Å². The Morgan fingerprint density at radius 2 is 1.72 bits per heavy atom. The third-order valence-corrected chi connectivity index (χ3v) is 7.09. The van der Waals surface area contributed by atoms with E-state index in [1.807, 2.05) is 48.5 Å². The number of ether oxygens (including phenoxy) is 5. The van der Waals surface area contributed by atoms with E-state index in [1.165, 1.54) is 0 Å². The second-order valence-corrected chi connectivity index (χ2v) is 8.45. The standard InChI is InChI=1S/C26H24O6/c1-28-18-10-8-17(9-11-18)26-19(16-6-4-3-5-7-16)12-13-25(26,27)22-20(32-26)14-21-23(24(22)29-2)31-15-30-21/h3-11,14,19,27H,12-13,15H2,1-2H3. The van der Waals surface area contributed by atoms with Crippen molar-refractivity contribution in [3.63, 3.8) is 0 Å². The van der Waals surface area contributed by atoms with Crippen molar-refractivity contribution in [3.05, 3.63) is 77.4 Å². The van der Waals surface area contributed by atoms with E-state index in [1.54, 1.807) is 14.2 Å². The maximum absolute atomic E-state index is 12.5. The Morgan fingerprint density at radius 1 is 0.938 bits per heavy atom. The molecule has 1 N–H and O–H groups in total. The Morgan fingerprint density at radius 3 is 2.44 bits per heavy atom. The molecule has 2 aliphatic heterocycles. The fourth-order valence-corrected chi connectivity index (χ4v) is 5.75. The highest BCUT2D eigenvalue weighted by Crippen LogP contribution is 2.70. The molecule has 6 heteroatoms. The van der Waals surface area contributed by atoms with Crippen LogP contribution in [0.15, 0.2) is 60.7 Å². The molecule has 32 heavy (non-hydrogen) atoms. The molecule has 6 nitrogen and oxygen atoms in total. The van der Waals surface area contributed by atoms with Crippen LogP contribution in [0.3, 0.4) is 0 Å². The van der Waals surface area contributed by atoms with Crippen LogP contribution in [0.1, 0.15) is 35.4 Å². The monoisotopic (exact) mass is 432 g/mol. The van der Waals surface area contributed by atoms with E-state index in [-0.39, 0.29) is 12.7 Å². The molecule has 3 aromatic rings. The van der Waals surface area contributed by atoms with Crippen LogP contribution in [0.4, 0.5) is 0 Å². The van der Waals surface area contributed by atoms with Crippen molar-refractivity contribution in [2.45, 2.75) is 30.0 Å². The van der Waals surface area contributed by atoms with Gasteiger partial charge in [-0.15, -0.1) is 0 Å². The molecular formula is C26H24O6. The molecule has 0 amide bonds. The zero-order valence-electron chi connectivity index (χ0n) is 18.0. The van der Waals surface area contributed by atoms with Gasteiger partial charge in [-0.3, -0.25) is 0 Å². The van der Waals surface area contributed by atoms with Gasteiger partial charge in [0.2, 0.25) is 12.5 Å². The van der Waals surface area contributed by atoms with Gasteiger partial charge in [0, 0.05) is 12.0 Å². The highest BCUT2D eigenvalue weighted by molar-refractivity contribution is 5.68. The Kier molecular flexibility index (Phi) is 4.11. The van der Waals surface area contributed by atoms with Gasteiger partial charge in [0.1, 0.15) is 17.1 Å². The van der Waals surface area contributed by atoms with Gasteiger partial charge >= 0.3 is 0 Å². The average molecular weight is 432 g/mol. The minimum Gasteiger partial charge on any atom is -0.497 e. The van der Waals surface area contributed by atoms with Crippen LogP contribution in [0.5, 0.6) is 28.7 Å².